The molecule has 276 valence electrons. The third kappa shape index (κ3) is 6.95. The van der Waals surface area contributed by atoms with Crippen LogP contribution >= 0.6 is 11.6 Å². The van der Waals surface area contributed by atoms with Gasteiger partial charge in [0, 0.05) is 44.5 Å². The van der Waals surface area contributed by atoms with E-state index in [0.717, 1.165) is 37.5 Å². The minimum absolute atomic E-state index is 0.00413. The lowest BCUT2D eigenvalue weighted by atomic mass is 9.92. The topological polar surface area (TPSA) is 150 Å². The van der Waals surface area contributed by atoms with Crippen LogP contribution in [0.15, 0.2) is 35.5 Å². The van der Waals surface area contributed by atoms with Crippen LogP contribution in [0.25, 0.3) is 11.2 Å². The Morgan fingerprint density at radius 2 is 1.88 bits per heavy atom. The van der Waals surface area contributed by atoms with E-state index in [9.17, 15) is 32.7 Å². The van der Waals surface area contributed by atoms with Crippen molar-refractivity contribution in [3.05, 3.63) is 68.6 Å². The number of carbonyl (C=O) groups excluding carboxylic acids is 2. The van der Waals surface area contributed by atoms with Gasteiger partial charge in [0.2, 0.25) is 11.3 Å². The molecule has 1 saturated carbocycles. The van der Waals surface area contributed by atoms with Gasteiger partial charge in [-0.25, -0.2) is 19.9 Å². The summed E-state index contributed by atoms with van der Waals surface area (Å²) in [6.07, 6.45) is 2.11. The van der Waals surface area contributed by atoms with Gasteiger partial charge in [0.15, 0.2) is 22.6 Å². The average molecular weight is 742 g/mol. The SMILES string of the molecule is CCc1c(N2CCN(C(=O)c3ncnc(C)c3O)CC2CC)c(=O)c2nc(N(C)C3CCC3)cnc2n1CC(=O)Nc1ccc(C(F)(F)F)cc1Cl. The number of hydrogen-bond acceptors (Lipinski definition) is 10. The van der Waals surface area contributed by atoms with E-state index in [2.05, 4.69) is 20.3 Å². The van der Waals surface area contributed by atoms with Crippen molar-refractivity contribution in [2.75, 3.05) is 41.8 Å². The first-order chi connectivity index (χ1) is 24.7. The van der Waals surface area contributed by atoms with Gasteiger partial charge in [0.05, 0.1) is 28.2 Å². The van der Waals surface area contributed by atoms with Crippen molar-refractivity contribution < 1.29 is 27.9 Å². The number of fused-ring (bicyclic) bond motifs is 1. The van der Waals surface area contributed by atoms with Gasteiger partial charge in [-0.05, 0) is 57.2 Å². The summed E-state index contributed by atoms with van der Waals surface area (Å²) < 4.78 is 41.3. The first-order valence-electron chi connectivity index (χ1n) is 17.1. The van der Waals surface area contributed by atoms with Crippen LogP contribution in [0.2, 0.25) is 5.02 Å². The molecule has 2 N–H and O–H groups in total. The number of aryl methyl sites for hydroxylation is 1. The Labute approximate surface area is 302 Å². The van der Waals surface area contributed by atoms with E-state index in [4.69, 9.17) is 16.6 Å². The highest BCUT2D eigenvalue weighted by Crippen LogP contribution is 2.35. The van der Waals surface area contributed by atoms with E-state index < -0.39 is 23.6 Å². The van der Waals surface area contributed by atoms with Crippen molar-refractivity contribution in [3.63, 3.8) is 0 Å². The van der Waals surface area contributed by atoms with Crippen LogP contribution in [0.1, 0.15) is 67.0 Å². The van der Waals surface area contributed by atoms with E-state index in [1.807, 2.05) is 30.7 Å². The number of halogens is 4. The minimum Gasteiger partial charge on any atom is -0.504 e. The molecule has 2 aliphatic rings. The quantitative estimate of drug-likeness (QED) is 0.235. The molecule has 17 heteroatoms. The second-order valence-corrected chi connectivity index (χ2v) is 13.5. The number of nitrogens with one attached hydrogen (secondary N) is 1. The van der Waals surface area contributed by atoms with Crippen molar-refractivity contribution in [2.24, 2.45) is 0 Å². The summed E-state index contributed by atoms with van der Waals surface area (Å²) in [6, 6.07) is 2.60. The number of rotatable bonds is 9. The van der Waals surface area contributed by atoms with Crippen molar-refractivity contribution in [1.82, 2.24) is 29.4 Å². The maximum Gasteiger partial charge on any atom is 0.416 e. The lowest BCUT2D eigenvalue weighted by Crippen LogP contribution is -2.56. The summed E-state index contributed by atoms with van der Waals surface area (Å²) in [5.41, 5.74) is -0.0716. The zero-order valence-electron chi connectivity index (χ0n) is 29.2. The zero-order valence-corrected chi connectivity index (χ0v) is 29.9. The highest BCUT2D eigenvalue weighted by Gasteiger charge is 2.35. The molecule has 4 heterocycles. The molecule has 1 unspecified atom stereocenters. The summed E-state index contributed by atoms with van der Waals surface area (Å²) >= 11 is 6.15. The van der Waals surface area contributed by atoms with Crippen LogP contribution in [0.3, 0.4) is 0 Å². The monoisotopic (exact) mass is 741 g/mol. The van der Waals surface area contributed by atoms with Crippen molar-refractivity contribution in [1.29, 1.82) is 0 Å². The average Bonchev–Trinajstić information content (AvgIpc) is 3.09. The van der Waals surface area contributed by atoms with Gasteiger partial charge < -0.3 is 29.7 Å². The normalized spacial score (nSPS) is 16.6. The van der Waals surface area contributed by atoms with E-state index in [1.165, 1.54) is 6.33 Å². The van der Waals surface area contributed by atoms with E-state index >= 15 is 0 Å². The number of anilines is 3. The largest absolute Gasteiger partial charge is 0.504 e. The van der Waals surface area contributed by atoms with Gasteiger partial charge in [-0.3, -0.25) is 14.4 Å². The van der Waals surface area contributed by atoms with Crippen molar-refractivity contribution in [2.45, 2.75) is 77.7 Å². The number of pyridine rings is 1. The number of benzene rings is 1. The Bertz CT molecular complexity index is 2090. The molecule has 2 fully saturated rings. The summed E-state index contributed by atoms with van der Waals surface area (Å²) in [4.78, 5) is 64.6. The molecule has 4 aromatic rings. The van der Waals surface area contributed by atoms with E-state index in [-0.39, 0.29) is 82.7 Å². The number of aromatic hydroxyl groups is 1. The summed E-state index contributed by atoms with van der Waals surface area (Å²) in [7, 11) is 1.90. The lowest BCUT2D eigenvalue weighted by molar-refractivity contribution is -0.137. The highest BCUT2D eigenvalue weighted by molar-refractivity contribution is 6.33. The predicted octanol–water partition coefficient (Wildman–Crippen LogP) is 5.20. The number of hydrogen-bond donors (Lipinski definition) is 2. The fourth-order valence-electron chi connectivity index (χ4n) is 6.76. The van der Waals surface area contributed by atoms with Crippen LogP contribution in [-0.2, 0) is 23.9 Å². The third-order valence-corrected chi connectivity index (χ3v) is 10.3. The molecule has 1 aliphatic carbocycles. The van der Waals surface area contributed by atoms with Gasteiger partial charge in [0.1, 0.15) is 24.4 Å². The van der Waals surface area contributed by atoms with Crippen molar-refractivity contribution >= 4 is 51.8 Å². The molecule has 13 nitrogen and oxygen atoms in total. The molecule has 1 saturated heterocycles. The predicted molar refractivity (Wildman–Crippen MR) is 190 cm³/mol. The molecular weight excluding hydrogens is 703 g/mol. The molecule has 1 aromatic carbocycles. The highest BCUT2D eigenvalue weighted by atomic mass is 35.5. The molecule has 2 amide bonds. The number of piperazine rings is 1. The first kappa shape index (κ1) is 36.8. The van der Waals surface area contributed by atoms with Crippen LogP contribution in [0, 0.1) is 6.92 Å². The second-order valence-electron chi connectivity index (χ2n) is 13.1. The molecule has 3 aromatic heterocycles. The Balaban J connectivity index is 1.40. The van der Waals surface area contributed by atoms with E-state index in [1.54, 1.807) is 22.6 Å². The van der Waals surface area contributed by atoms with Crippen LogP contribution in [0.5, 0.6) is 5.75 Å². The Kier molecular flexibility index (Phi) is 10.3. The molecule has 0 radical (unpaired) electrons. The number of nitrogens with zero attached hydrogens (tertiary/aromatic N) is 8. The van der Waals surface area contributed by atoms with Gasteiger partial charge in [-0.2, -0.15) is 13.2 Å². The fourth-order valence-corrected chi connectivity index (χ4v) is 6.99. The van der Waals surface area contributed by atoms with Crippen LogP contribution in [0.4, 0.5) is 30.4 Å². The molecule has 0 spiro atoms. The molecule has 52 heavy (non-hydrogen) atoms. The zero-order chi connectivity index (χ0) is 37.5. The molecular formula is C35H39ClF3N9O4. The maximum atomic E-state index is 14.6. The van der Waals surface area contributed by atoms with Crippen LogP contribution in [-0.4, -0.2) is 85.1 Å². The lowest BCUT2D eigenvalue weighted by Gasteiger charge is -2.43. The summed E-state index contributed by atoms with van der Waals surface area (Å²) in [5, 5.41) is 12.8. The first-order valence-corrected chi connectivity index (χ1v) is 17.5. The smallest absolute Gasteiger partial charge is 0.416 e. The maximum absolute atomic E-state index is 14.6. The van der Waals surface area contributed by atoms with E-state index in [0.29, 0.717) is 30.0 Å². The Morgan fingerprint density at radius 3 is 2.52 bits per heavy atom. The Morgan fingerprint density at radius 1 is 1.13 bits per heavy atom. The fraction of sp³-hybridized carbons (Fsp3) is 0.457. The van der Waals surface area contributed by atoms with Gasteiger partial charge >= 0.3 is 6.18 Å². The number of aromatic nitrogens is 5. The summed E-state index contributed by atoms with van der Waals surface area (Å²) in [5.74, 6) is -0.835. The van der Waals surface area contributed by atoms with Crippen LogP contribution < -0.4 is 20.5 Å². The van der Waals surface area contributed by atoms with Gasteiger partial charge in [0.25, 0.3) is 5.91 Å². The third-order valence-electron chi connectivity index (χ3n) is 9.95. The molecule has 1 atom stereocenters. The standard InChI is InChI=1S/C35H39ClF3N9O4/c1-5-21-16-46(34(52)29-31(50)19(3)41-18-42-29)12-13-47(21)30-25(6-2)48(17-27(49)43-24-11-10-20(14-23(24)36)35(37,38)39)33-28(32(30)51)44-26(15-40-33)45(4)22-8-7-9-22/h10-11,14-15,18,21-22,50H,5-9,12-13,16-17H2,1-4H3,(H,43,49). The number of alkyl halides is 3. The Hall–Kier alpha value is -4.99. The molecule has 0 bridgehead atoms. The number of carbonyl (C=O) groups is 2. The number of amides is 2. The minimum atomic E-state index is -4.61. The van der Waals surface area contributed by atoms with Crippen molar-refractivity contribution in [3.8, 4) is 5.75 Å². The molecule has 1 aliphatic heterocycles. The summed E-state index contributed by atoms with van der Waals surface area (Å²) in [6.45, 7) is 5.70. The second kappa shape index (κ2) is 14.6. The van der Waals surface area contributed by atoms with Gasteiger partial charge in [-0.15, -0.1) is 0 Å². The molecule has 6 rings (SSSR count). The van der Waals surface area contributed by atoms with Gasteiger partial charge in [-0.1, -0.05) is 25.4 Å².